The third-order valence-electron chi connectivity index (χ3n) is 7.27. The van der Waals surface area contributed by atoms with Crippen LogP contribution < -0.4 is 11.3 Å². The highest BCUT2D eigenvalue weighted by molar-refractivity contribution is 5.92. The Balaban J connectivity index is 1.94. The summed E-state index contributed by atoms with van der Waals surface area (Å²) in [4.78, 5) is 28.8. The van der Waals surface area contributed by atoms with E-state index in [2.05, 4.69) is 4.98 Å². The number of H-pyrrole nitrogens is 1. The summed E-state index contributed by atoms with van der Waals surface area (Å²) >= 11 is 0. The number of aromatic amines is 1. The molecular formula is C22H28FN3O4. The minimum Gasteiger partial charge on any atom is -0.513 e. The Morgan fingerprint density at radius 3 is 2.83 bits per heavy atom. The fraction of sp³-hybridized carbons (Fsp3) is 0.545. The van der Waals surface area contributed by atoms with E-state index in [1.807, 2.05) is 11.8 Å². The Morgan fingerprint density at radius 1 is 1.47 bits per heavy atom. The molecule has 8 heteroatoms. The number of halogens is 1. The van der Waals surface area contributed by atoms with Crippen molar-refractivity contribution in [2.75, 3.05) is 19.8 Å². The maximum Gasteiger partial charge on any atom is 0.261 e. The van der Waals surface area contributed by atoms with Crippen LogP contribution in [0.3, 0.4) is 0 Å². The normalized spacial score (nSPS) is 31.3. The first kappa shape index (κ1) is 20.8. The lowest BCUT2D eigenvalue weighted by atomic mass is 9.49. The average molecular weight is 417 g/mol. The molecule has 3 atom stereocenters. The van der Waals surface area contributed by atoms with Gasteiger partial charge in [0.2, 0.25) is 0 Å². The number of nitrogens with zero attached hydrogens (tertiary/aromatic N) is 1. The molecule has 3 aliphatic rings. The van der Waals surface area contributed by atoms with Gasteiger partial charge in [-0.2, -0.15) is 0 Å². The minimum absolute atomic E-state index is 0.132. The van der Waals surface area contributed by atoms with Crippen LogP contribution in [0.15, 0.2) is 33.8 Å². The molecule has 0 spiro atoms. The summed E-state index contributed by atoms with van der Waals surface area (Å²) in [5.41, 5.74) is 5.99. The standard InChI is InChI=1S/C22H28FN3O4/c1-12-7-18-22(30)10-14-9-15(19(24)28)20(29)25-17(14)11-21(22,16(12)8-13(2)27)3-5-26(18)6-4-23/h8-9,18,27,30H,3-7,10-11H2,1-2H3,(H2,24,28)(H,25,29)/b13-8+/t18-,21?,22-/m1/s1. The highest BCUT2D eigenvalue weighted by Gasteiger charge is 2.64. The monoisotopic (exact) mass is 417 g/mol. The molecule has 2 aliphatic carbocycles. The third kappa shape index (κ3) is 2.85. The minimum atomic E-state index is -1.23. The fourth-order valence-corrected chi connectivity index (χ4v) is 5.97. The Kier molecular flexibility index (Phi) is 4.90. The zero-order chi connectivity index (χ0) is 21.8. The number of fused-ring (bicyclic) bond motifs is 1. The van der Waals surface area contributed by atoms with Crippen LogP contribution in [0.5, 0.6) is 0 Å². The van der Waals surface area contributed by atoms with Gasteiger partial charge >= 0.3 is 0 Å². The topological polar surface area (TPSA) is 120 Å². The summed E-state index contributed by atoms with van der Waals surface area (Å²) in [6, 6.07) is 1.18. The number of piperidine rings is 1. The van der Waals surface area contributed by atoms with Crippen molar-refractivity contribution in [3.8, 4) is 0 Å². The molecule has 0 saturated carbocycles. The first-order chi connectivity index (χ1) is 14.1. The number of aliphatic hydroxyl groups excluding tert-OH is 1. The van der Waals surface area contributed by atoms with Crippen molar-refractivity contribution in [1.82, 2.24) is 9.88 Å². The SMILES string of the molecule is CC1=C(/C=C(\C)O)C23CCN(CCF)[C@H](C1)[C@]2(O)Cc1cc(C(N)=O)c(=O)[nH]c1C3. The van der Waals surface area contributed by atoms with E-state index in [0.29, 0.717) is 37.1 Å². The molecule has 1 unspecified atom stereocenters. The van der Waals surface area contributed by atoms with Gasteiger partial charge in [0.25, 0.3) is 11.5 Å². The van der Waals surface area contributed by atoms with Gasteiger partial charge in [0.05, 0.1) is 11.4 Å². The zero-order valence-corrected chi connectivity index (χ0v) is 17.3. The van der Waals surface area contributed by atoms with E-state index in [1.54, 1.807) is 13.0 Å². The molecular weight excluding hydrogens is 389 g/mol. The fourth-order valence-electron chi connectivity index (χ4n) is 5.97. The number of carbonyl (C=O) groups is 1. The van der Waals surface area contributed by atoms with Crippen LogP contribution in [0, 0.1) is 5.41 Å². The third-order valence-corrected chi connectivity index (χ3v) is 7.27. The summed E-state index contributed by atoms with van der Waals surface area (Å²) in [5, 5.41) is 22.2. The lowest BCUT2D eigenvalue weighted by Gasteiger charge is -2.63. The van der Waals surface area contributed by atoms with Crippen molar-refractivity contribution in [3.63, 3.8) is 0 Å². The van der Waals surface area contributed by atoms with Gasteiger partial charge in [-0.05, 0) is 56.5 Å². The first-order valence-electron chi connectivity index (χ1n) is 10.3. The molecule has 162 valence electrons. The van der Waals surface area contributed by atoms with Crippen molar-refractivity contribution in [3.05, 3.63) is 56.2 Å². The number of allylic oxidation sites excluding steroid dienone is 2. The quantitative estimate of drug-likeness (QED) is 0.554. The zero-order valence-electron chi connectivity index (χ0n) is 17.3. The van der Waals surface area contributed by atoms with E-state index in [1.165, 1.54) is 6.07 Å². The lowest BCUT2D eigenvalue weighted by Crippen LogP contribution is -2.72. The number of nitrogens with one attached hydrogen (secondary N) is 1. The van der Waals surface area contributed by atoms with Crippen LogP contribution >= 0.6 is 0 Å². The van der Waals surface area contributed by atoms with E-state index in [-0.39, 0.29) is 30.3 Å². The predicted molar refractivity (Wildman–Crippen MR) is 110 cm³/mol. The number of amides is 1. The summed E-state index contributed by atoms with van der Waals surface area (Å²) in [5.74, 6) is -0.668. The first-order valence-corrected chi connectivity index (χ1v) is 10.3. The van der Waals surface area contributed by atoms with E-state index in [4.69, 9.17) is 5.73 Å². The van der Waals surface area contributed by atoms with Gasteiger partial charge in [-0.1, -0.05) is 5.57 Å². The number of alkyl halides is 1. The number of primary amides is 1. The van der Waals surface area contributed by atoms with Gasteiger partial charge < -0.3 is 20.9 Å². The van der Waals surface area contributed by atoms with E-state index < -0.39 is 29.2 Å². The molecule has 0 aromatic carbocycles. The number of hydrogen-bond donors (Lipinski definition) is 4. The van der Waals surface area contributed by atoms with Gasteiger partial charge in [0, 0.05) is 36.5 Å². The Hall–Kier alpha value is -2.45. The Bertz CT molecular complexity index is 1030. The molecule has 1 aliphatic heterocycles. The van der Waals surface area contributed by atoms with Crippen LogP contribution in [0.2, 0.25) is 0 Å². The number of likely N-dealkylation sites (tertiary alicyclic amines) is 1. The highest BCUT2D eigenvalue weighted by atomic mass is 19.1. The highest BCUT2D eigenvalue weighted by Crippen LogP contribution is 2.59. The van der Waals surface area contributed by atoms with E-state index >= 15 is 0 Å². The molecule has 1 fully saturated rings. The molecule has 4 rings (SSSR count). The molecule has 1 aromatic rings. The number of aliphatic hydroxyl groups is 2. The second-order valence-corrected chi connectivity index (χ2v) is 8.91. The van der Waals surface area contributed by atoms with Crippen molar-refractivity contribution in [1.29, 1.82) is 0 Å². The predicted octanol–water partition coefficient (Wildman–Crippen LogP) is 1.52. The van der Waals surface area contributed by atoms with Crippen molar-refractivity contribution in [2.45, 2.75) is 51.2 Å². The second kappa shape index (κ2) is 7.06. The molecule has 0 radical (unpaired) electrons. The van der Waals surface area contributed by atoms with Gasteiger partial charge in [0.15, 0.2) is 0 Å². The van der Waals surface area contributed by atoms with E-state index in [9.17, 15) is 24.2 Å². The number of pyridine rings is 1. The maximum absolute atomic E-state index is 13.3. The molecule has 5 N–H and O–H groups in total. The molecule has 1 saturated heterocycles. The van der Waals surface area contributed by atoms with Gasteiger partial charge in [-0.3, -0.25) is 14.5 Å². The van der Waals surface area contributed by atoms with Gasteiger partial charge in [-0.15, -0.1) is 0 Å². The van der Waals surface area contributed by atoms with Crippen LogP contribution in [0.1, 0.15) is 48.3 Å². The van der Waals surface area contributed by atoms with Crippen LogP contribution in [0.25, 0.3) is 0 Å². The van der Waals surface area contributed by atoms with Crippen LogP contribution in [-0.4, -0.2) is 57.4 Å². The largest absolute Gasteiger partial charge is 0.513 e. The number of rotatable bonds is 4. The molecule has 1 amide bonds. The Labute approximate surface area is 174 Å². The van der Waals surface area contributed by atoms with Gasteiger partial charge in [0.1, 0.15) is 12.2 Å². The Morgan fingerprint density at radius 2 is 2.20 bits per heavy atom. The summed E-state index contributed by atoms with van der Waals surface area (Å²) in [7, 11) is 0. The maximum atomic E-state index is 13.3. The summed E-state index contributed by atoms with van der Waals surface area (Å²) < 4.78 is 13.3. The number of hydrogen-bond acceptors (Lipinski definition) is 5. The van der Waals surface area contributed by atoms with Crippen LogP contribution in [-0.2, 0) is 12.8 Å². The van der Waals surface area contributed by atoms with Crippen molar-refractivity contribution in [2.24, 2.45) is 11.1 Å². The molecule has 2 bridgehead atoms. The second-order valence-electron chi connectivity index (χ2n) is 8.91. The van der Waals surface area contributed by atoms with Crippen molar-refractivity contribution < 1.29 is 19.4 Å². The summed E-state index contributed by atoms with van der Waals surface area (Å²) in [6.07, 6.45) is 3.40. The molecule has 7 nitrogen and oxygen atoms in total. The number of carbonyl (C=O) groups excluding carboxylic acids is 1. The molecule has 30 heavy (non-hydrogen) atoms. The molecule has 1 aromatic heterocycles. The van der Waals surface area contributed by atoms with Gasteiger partial charge in [-0.25, -0.2) is 4.39 Å². The van der Waals surface area contributed by atoms with E-state index in [0.717, 1.165) is 11.1 Å². The van der Waals surface area contributed by atoms with Crippen LogP contribution in [0.4, 0.5) is 4.39 Å². The average Bonchev–Trinajstić information content (AvgIpc) is 2.65. The smallest absolute Gasteiger partial charge is 0.261 e. The number of nitrogens with two attached hydrogens (primary N) is 1. The number of aromatic nitrogens is 1. The summed E-state index contributed by atoms with van der Waals surface area (Å²) in [6.45, 7) is 3.94. The molecule has 2 heterocycles. The van der Waals surface area contributed by atoms with Crippen molar-refractivity contribution >= 4 is 5.91 Å². The lowest BCUT2D eigenvalue weighted by molar-refractivity contribution is -0.169.